The third-order valence-electron chi connectivity index (χ3n) is 1.56. The molecule has 0 radical (unpaired) electrons. The zero-order chi connectivity index (χ0) is 12.1. The van der Waals surface area contributed by atoms with Crippen molar-refractivity contribution in [1.82, 2.24) is 0 Å². The largest absolute Gasteiger partial charge is 0.460 e. The quantitative estimate of drug-likeness (QED) is 0.402. The zero-order valence-electron chi connectivity index (χ0n) is 9.28. The summed E-state index contributed by atoms with van der Waals surface area (Å²) in [6.07, 6.45) is 0.338. The van der Waals surface area contributed by atoms with E-state index in [-0.39, 0.29) is 19.1 Å². The van der Waals surface area contributed by atoms with Gasteiger partial charge in [-0.1, -0.05) is 0 Å². The molecule has 0 aromatic rings. The Bertz CT molecular complexity index is 255. The SMILES string of the molecule is CC(C)(C)OC(=O)CC[C@@H](N)C(=O)C=O. The van der Waals surface area contributed by atoms with Crippen LogP contribution >= 0.6 is 0 Å². The van der Waals surface area contributed by atoms with E-state index in [0.717, 1.165) is 0 Å². The van der Waals surface area contributed by atoms with Gasteiger partial charge in [-0.15, -0.1) is 0 Å². The molecule has 0 unspecified atom stereocenters. The van der Waals surface area contributed by atoms with Crippen LogP contribution in [-0.2, 0) is 19.1 Å². The van der Waals surface area contributed by atoms with Crippen molar-refractivity contribution in [2.24, 2.45) is 5.73 Å². The summed E-state index contributed by atoms with van der Waals surface area (Å²) in [6, 6.07) is -0.907. The lowest BCUT2D eigenvalue weighted by Gasteiger charge is -2.19. The third-order valence-corrected chi connectivity index (χ3v) is 1.56. The second-order valence-electron chi connectivity index (χ2n) is 4.25. The average Bonchev–Trinajstić information content (AvgIpc) is 2.10. The smallest absolute Gasteiger partial charge is 0.306 e. The monoisotopic (exact) mass is 215 g/mol. The van der Waals surface area contributed by atoms with Gasteiger partial charge >= 0.3 is 5.97 Å². The molecule has 1 atom stereocenters. The number of carbonyl (C=O) groups is 3. The molecule has 0 aliphatic rings. The molecule has 0 bridgehead atoms. The van der Waals surface area contributed by atoms with Crippen LogP contribution in [0.25, 0.3) is 0 Å². The number of carbonyl (C=O) groups excluding carboxylic acids is 3. The number of Topliss-reactive ketones (excluding diaryl/α,β-unsaturated/α-hetero) is 1. The Kier molecular flexibility index (Phi) is 5.14. The molecule has 0 spiro atoms. The molecule has 0 saturated carbocycles. The van der Waals surface area contributed by atoms with E-state index in [9.17, 15) is 14.4 Å². The number of ether oxygens (including phenoxy) is 1. The predicted octanol–water partition coefficient (Wildman–Crippen LogP) is 0.204. The first-order valence-corrected chi connectivity index (χ1v) is 4.72. The molecule has 0 aromatic heterocycles. The van der Waals surface area contributed by atoms with Gasteiger partial charge < -0.3 is 10.5 Å². The van der Waals surface area contributed by atoms with Crippen molar-refractivity contribution in [2.75, 3.05) is 0 Å². The molecule has 0 amide bonds. The summed E-state index contributed by atoms with van der Waals surface area (Å²) in [4.78, 5) is 32.0. The van der Waals surface area contributed by atoms with Crippen molar-refractivity contribution in [3.63, 3.8) is 0 Å². The van der Waals surface area contributed by atoms with Crippen molar-refractivity contribution in [3.05, 3.63) is 0 Å². The van der Waals surface area contributed by atoms with E-state index in [0.29, 0.717) is 0 Å². The second-order valence-corrected chi connectivity index (χ2v) is 4.25. The van der Waals surface area contributed by atoms with Gasteiger partial charge in [0.15, 0.2) is 6.29 Å². The molecule has 0 aliphatic heterocycles. The molecule has 2 N–H and O–H groups in total. The zero-order valence-corrected chi connectivity index (χ0v) is 9.28. The average molecular weight is 215 g/mol. The van der Waals surface area contributed by atoms with E-state index in [2.05, 4.69) is 0 Å². The van der Waals surface area contributed by atoms with E-state index < -0.39 is 23.4 Å². The summed E-state index contributed by atoms with van der Waals surface area (Å²) in [5, 5.41) is 0. The first kappa shape index (κ1) is 13.8. The number of nitrogens with two attached hydrogens (primary N) is 1. The Morgan fingerprint density at radius 3 is 2.33 bits per heavy atom. The number of esters is 1. The summed E-state index contributed by atoms with van der Waals surface area (Å²) in [6.45, 7) is 5.25. The van der Waals surface area contributed by atoms with Crippen LogP contribution in [0.2, 0.25) is 0 Å². The number of aldehydes is 1. The Balaban J connectivity index is 3.91. The molecule has 0 rings (SSSR count). The van der Waals surface area contributed by atoms with Gasteiger partial charge in [-0.2, -0.15) is 0 Å². The van der Waals surface area contributed by atoms with Crippen LogP contribution in [0.4, 0.5) is 0 Å². The molecule has 0 saturated heterocycles. The highest BCUT2D eigenvalue weighted by Gasteiger charge is 2.19. The van der Waals surface area contributed by atoms with Gasteiger partial charge in [0.2, 0.25) is 5.78 Å². The van der Waals surface area contributed by atoms with Gasteiger partial charge in [-0.05, 0) is 27.2 Å². The molecule has 5 heteroatoms. The molecule has 0 aliphatic carbocycles. The van der Waals surface area contributed by atoms with Crippen LogP contribution < -0.4 is 5.73 Å². The molecule has 5 nitrogen and oxygen atoms in total. The lowest BCUT2D eigenvalue weighted by atomic mass is 10.1. The summed E-state index contributed by atoms with van der Waals surface area (Å²) in [7, 11) is 0. The van der Waals surface area contributed by atoms with Gasteiger partial charge in [0, 0.05) is 6.42 Å². The topological polar surface area (TPSA) is 86.5 Å². The van der Waals surface area contributed by atoms with Crippen LogP contribution in [0.3, 0.4) is 0 Å². The van der Waals surface area contributed by atoms with Crippen LogP contribution in [0.5, 0.6) is 0 Å². The maximum atomic E-state index is 11.2. The van der Waals surface area contributed by atoms with Crippen LogP contribution in [-0.4, -0.2) is 29.7 Å². The molecule has 86 valence electrons. The van der Waals surface area contributed by atoms with E-state index in [1.54, 1.807) is 20.8 Å². The summed E-state index contributed by atoms with van der Waals surface area (Å²) in [5.74, 6) is -1.12. The van der Waals surface area contributed by atoms with Crippen LogP contribution in [0, 0.1) is 0 Å². The summed E-state index contributed by atoms with van der Waals surface area (Å²) < 4.78 is 5.01. The number of hydrogen-bond acceptors (Lipinski definition) is 5. The minimum atomic E-state index is -0.907. The van der Waals surface area contributed by atoms with Gasteiger partial charge in [0.25, 0.3) is 0 Å². The number of rotatable bonds is 5. The van der Waals surface area contributed by atoms with Gasteiger partial charge in [-0.3, -0.25) is 14.4 Å². The van der Waals surface area contributed by atoms with Crippen molar-refractivity contribution in [1.29, 1.82) is 0 Å². The maximum Gasteiger partial charge on any atom is 0.306 e. The van der Waals surface area contributed by atoms with E-state index in [1.165, 1.54) is 0 Å². The predicted molar refractivity (Wildman–Crippen MR) is 54.1 cm³/mol. The maximum absolute atomic E-state index is 11.2. The Hall–Kier alpha value is -1.23. The van der Waals surface area contributed by atoms with Crippen LogP contribution in [0.15, 0.2) is 0 Å². The van der Waals surface area contributed by atoms with E-state index in [1.807, 2.05) is 0 Å². The molecular formula is C10H17NO4. The summed E-state index contributed by atoms with van der Waals surface area (Å²) >= 11 is 0. The van der Waals surface area contributed by atoms with Crippen LogP contribution in [0.1, 0.15) is 33.6 Å². The number of ketones is 1. The lowest BCUT2D eigenvalue weighted by Crippen LogP contribution is -2.32. The molecule has 0 aromatic carbocycles. The van der Waals surface area contributed by atoms with Crippen molar-refractivity contribution in [2.45, 2.75) is 45.3 Å². The highest BCUT2D eigenvalue weighted by molar-refractivity contribution is 6.27. The fraction of sp³-hybridized carbons (Fsp3) is 0.700. The molecule has 0 fully saturated rings. The van der Waals surface area contributed by atoms with Gasteiger partial charge in [-0.25, -0.2) is 0 Å². The standard InChI is InChI=1S/C10H17NO4/c1-10(2,3)15-9(14)5-4-7(11)8(13)6-12/h6-7H,4-5,11H2,1-3H3/t7-/m1/s1. The Morgan fingerprint density at radius 1 is 1.40 bits per heavy atom. The Morgan fingerprint density at radius 2 is 1.93 bits per heavy atom. The minimum absolute atomic E-state index is 0.0397. The lowest BCUT2D eigenvalue weighted by molar-refractivity contribution is -0.155. The first-order valence-electron chi connectivity index (χ1n) is 4.72. The number of hydrogen-bond donors (Lipinski definition) is 1. The molecular weight excluding hydrogens is 198 g/mol. The normalized spacial score (nSPS) is 13.1. The van der Waals surface area contributed by atoms with E-state index >= 15 is 0 Å². The Labute approximate surface area is 89.0 Å². The van der Waals surface area contributed by atoms with Gasteiger partial charge in [0.1, 0.15) is 5.60 Å². The van der Waals surface area contributed by atoms with E-state index in [4.69, 9.17) is 10.5 Å². The van der Waals surface area contributed by atoms with Gasteiger partial charge in [0.05, 0.1) is 6.04 Å². The second kappa shape index (κ2) is 5.60. The molecule has 0 heterocycles. The van der Waals surface area contributed by atoms with Crippen molar-refractivity contribution in [3.8, 4) is 0 Å². The fourth-order valence-corrected chi connectivity index (χ4v) is 0.896. The van der Waals surface area contributed by atoms with Crippen molar-refractivity contribution >= 4 is 18.0 Å². The fourth-order valence-electron chi connectivity index (χ4n) is 0.896. The highest BCUT2D eigenvalue weighted by Crippen LogP contribution is 2.09. The minimum Gasteiger partial charge on any atom is -0.460 e. The highest BCUT2D eigenvalue weighted by atomic mass is 16.6. The molecule has 15 heavy (non-hydrogen) atoms. The first-order chi connectivity index (χ1) is 6.76. The van der Waals surface area contributed by atoms with Crippen molar-refractivity contribution < 1.29 is 19.1 Å². The third kappa shape index (κ3) is 6.79. The summed E-state index contributed by atoms with van der Waals surface area (Å²) in [5.41, 5.74) is 4.81.